The summed E-state index contributed by atoms with van der Waals surface area (Å²) in [6, 6.07) is 5.39. The molecule has 1 aromatic heterocycles. The molecule has 0 saturated carbocycles. The highest BCUT2D eigenvalue weighted by Gasteiger charge is 2.27. The minimum Gasteiger partial charge on any atom is -0.497 e. The van der Waals surface area contributed by atoms with Crippen LogP contribution in [-0.2, 0) is 0 Å². The molecule has 0 aliphatic heterocycles. The maximum absolute atomic E-state index is 12.3. The number of benzene rings is 1. The molecule has 114 valence electrons. The standard InChI is InChI=1S/C14H18N2O4S/c1-14(6-17,7-18)16-13(19)12-11(15)9-4-3-8(20-2)5-10(9)21-12/h3-5,17-18H,6-7,15H2,1-2H3,(H,16,19). The number of anilines is 1. The molecule has 1 heterocycles. The third kappa shape index (κ3) is 2.94. The average Bonchev–Trinajstić information content (AvgIpc) is 2.83. The highest BCUT2D eigenvalue weighted by atomic mass is 32.1. The van der Waals surface area contributed by atoms with Gasteiger partial charge in [0.15, 0.2) is 0 Å². The zero-order valence-corrected chi connectivity index (χ0v) is 12.7. The summed E-state index contributed by atoms with van der Waals surface area (Å²) in [5.41, 5.74) is 5.31. The number of ether oxygens (including phenoxy) is 1. The third-order valence-electron chi connectivity index (χ3n) is 3.26. The van der Waals surface area contributed by atoms with Gasteiger partial charge in [-0.1, -0.05) is 0 Å². The molecule has 1 amide bonds. The largest absolute Gasteiger partial charge is 0.497 e. The summed E-state index contributed by atoms with van der Waals surface area (Å²) in [7, 11) is 1.57. The summed E-state index contributed by atoms with van der Waals surface area (Å²) in [6.45, 7) is 0.819. The van der Waals surface area contributed by atoms with Gasteiger partial charge >= 0.3 is 0 Å². The first-order valence-corrected chi connectivity index (χ1v) is 7.16. The number of amides is 1. The van der Waals surface area contributed by atoms with E-state index in [-0.39, 0.29) is 13.2 Å². The molecule has 0 fully saturated rings. The van der Waals surface area contributed by atoms with E-state index in [1.807, 2.05) is 6.07 Å². The summed E-state index contributed by atoms with van der Waals surface area (Å²) in [4.78, 5) is 12.6. The molecule has 0 spiro atoms. The van der Waals surface area contributed by atoms with Crippen LogP contribution in [0.4, 0.5) is 5.69 Å². The van der Waals surface area contributed by atoms with Crippen LogP contribution < -0.4 is 15.8 Å². The zero-order valence-electron chi connectivity index (χ0n) is 11.8. The number of aliphatic hydroxyl groups excluding tert-OH is 2. The highest BCUT2D eigenvalue weighted by molar-refractivity contribution is 7.21. The minimum absolute atomic E-state index is 0.353. The van der Waals surface area contributed by atoms with E-state index in [0.29, 0.717) is 16.3 Å². The molecule has 0 radical (unpaired) electrons. The molecular weight excluding hydrogens is 292 g/mol. The Bertz CT molecular complexity index is 664. The first kappa shape index (κ1) is 15.6. The molecule has 5 N–H and O–H groups in total. The van der Waals surface area contributed by atoms with E-state index >= 15 is 0 Å². The van der Waals surface area contributed by atoms with Crippen LogP contribution in [0.15, 0.2) is 18.2 Å². The first-order valence-electron chi connectivity index (χ1n) is 6.34. The van der Waals surface area contributed by atoms with E-state index < -0.39 is 11.4 Å². The van der Waals surface area contributed by atoms with Crippen LogP contribution >= 0.6 is 11.3 Å². The SMILES string of the molecule is COc1ccc2c(N)c(C(=O)NC(C)(CO)CO)sc2c1. The van der Waals surface area contributed by atoms with E-state index in [9.17, 15) is 15.0 Å². The van der Waals surface area contributed by atoms with Gasteiger partial charge in [-0.3, -0.25) is 4.79 Å². The van der Waals surface area contributed by atoms with Gasteiger partial charge in [-0.15, -0.1) is 11.3 Å². The molecule has 0 saturated heterocycles. The predicted octanol–water partition coefficient (Wildman–Crippen LogP) is 0.965. The van der Waals surface area contributed by atoms with Crippen molar-refractivity contribution in [3.05, 3.63) is 23.1 Å². The monoisotopic (exact) mass is 310 g/mol. The number of nitrogen functional groups attached to an aromatic ring is 1. The fraction of sp³-hybridized carbons (Fsp3) is 0.357. The second-order valence-electron chi connectivity index (χ2n) is 5.04. The number of nitrogens with one attached hydrogen (secondary N) is 1. The average molecular weight is 310 g/mol. The lowest BCUT2D eigenvalue weighted by atomic mass is 10.1. The maximum atomic E-state index is 12.3. The number of hydrogen-bond acceptors (Lipinski definition) is 6. The zero-order chi connectivity index (χ0) is 15.6. The molecule has 1 aromatic carbocycles. The van der Waals surface area contributed by atoms with Crippen molar-refractivity contribution in [2.45, 2.75) is 12.5 Å². The lowest BCUT2D eigenvalue weighted by Gasteiger charge is -2.25. The van der Waals surface area contributed by atoms with Crippen molar-refractivity contribution in [2.75, 3.05) is 26.1 Å². The number of carbonyl (C=O) groups is 1. The van der Waals surface area contributed by atoms with Crippen molar-refractivity contribution >= 4 is 33.0 Å². The second-order valence-corrected chi connectivity index (χ2v) is 6.09. The number of hydrogen-bond donors (Lipinski definition) is 4. The summed E-state index contributed by atoms with van der Waals surface area (Å²) in [5.74, 6) is 0.268. The van der Waals surface area contributed by atoms with Crippen molar-refractivity contribution in [3.63, 3.8) is 0 Å². The number of aliphatic hydroxyl groups is 2. The van der Waals surface area contributed by atoms with Gasteiger partial charge in [-0.2, -0.15) is 0 Å². The van der Waals surface area contributed by atoms with Gasteiger partial charge in [0.2, 0.25) is 0 Å². The first-order chi connectivity index (χ1) is 9.94. The smallest absolute Gasteiger partial charge is 0.264 e. The Morgan fingerprint density at radius 3 is 2.67 bits per heavy atom. The van der Waals surface area contributed by atoms with E-state index in [2.05, 4.69) is 5.32 Å². The molecule has 2 aromatic rings. The Morgan fingerprint density at radius 2 is 2.10 bits per heavy atom. The summed E-state index contributed by atoms with van der Waals surface area (Å²) in [5, 5.41) is 21.9. The fourth-order valence-corrected chi connectivity index (χ4v) is 2.90. The summed E-state index contributed by atoms with van der Waals surface area (Å²) in [6.07, 6.45) is 0. The Morgan fingerprint density at radius 1 is 1.43 bits per heavy atom. The molecular formula is C14H18N2O4S. The number of fused-ring (bicyclic) bond motifs is 1. The van der Waals surface area contributed by atoms with Crippen LogP contribution in [-0.4, -0.2) is 42.0 Å². The van der Waals surface area contributed by atoms with Gasteiger partial charge in [-0.25, -0.2) is 0 Å². The third-order valence-corrected chi connectivity index (χ3v) is 4.42. The molecule has 0 bridgehead atoms. The van der Waals surface area contributed by atoms with E-state index in [1.165, 1.54) is 11.3 Å². The predicted molar refractivity (Wildman–Crippen MR) is 82.8 cm³/mol. The second kappa shape index (κ2) is 5.88. The lowest BCUT2D eigenvalue weighted by Crippen LogP contribution is -2.51. The molecule has 0 aliphatic carbocycles. The van der Waals surface area contributed by atoms with Crippen LogP contribution in [0.2, 0.25) is 0 Å². The summed E-state index contributed by atoms with van der Waals surface area (Å²) < 4.78 is 5.99. The van der Waals surface area contributed by atoms with Crippen molar-refractivity contribution in [1.29, 1.82) is 0 Å². The molecule has 2 rings (SSSR count). The van der Waals surface area contributed by atoms with Crippen LogP contribution in [0.5, 0.6) is 5.75 Å². The topological polar surface area (TPSA) is 105 Å². The van der Waals surface area contributed by atoms with Crippen molar-refractivity contribution in [3.8, 4) is 5.75 Å². The van der Waals surface area contributed by atoms with Gasteiger partial charge in [0, 0.05) is 10.1 Å². The Balaban J connectivity index is 2.38. The fourth-order valence-electron chi connectivity index (χ4n) is 1.85. The van der Waals surface area contributed by atoms with Crippen molar-refractivity contribution in [2.24, 2.45) is 0 Å². The number of carbonyl (C=O) groups excluding carboxylic acids is 1. The number of thiophene rings is 1. The normalized spacial score (nSPS) is 11.6. The lowest BCUT2D eigenvalue weighted by molar-refractivity contribution is 0.0728. The quantitative estimate of drug-likeness (QED) is 0.658. The molecule has 0 atom stereocenters. The van der Waals surface area contributed by atoms with Gasteiger partial charge < -0.3 is 26.0 Å². The van der Waals surface area contributed by atoms with Crippen LogP contribution in [0.25, 0.3) is 10.1 Å². The molecule has 6 nitrogen and oxygen atoms in total. The molecule has 0 unspecified atom stereocenters. The van der Waals surface area contributed by atoms with E-state index in [0.717, 1.165) is 10.1 Å². The van der Waals surface area contributed by atoms with E-state index in [1.54, 1.807) is 26.2 Å². The van der Waals surface area contributed by atoms with Crippen molar-refractivity contribution < 1.29 is 19.7 Å². The van der Waals surface area contributed by atoms with Crippen molar-refractivity contribution in [1.82, 2.24) is 5.32 Å². The highest BCUT2D eigenvalue weighted by Crippen LogP contribution is 2.35. The van der Waals surface area contributed by atoms with Crippen LogP contribution in [0.1, 0.15) is 16.6 Å². The van der Waals surface area contributed by atoms with Crippen LogP contribution in [0.3, 0.4) is 0 Å². The van der Waals surface area contributed by atoms with E-state index in [4.69, 9.17) is 10.5 Å². The van der Waals surface area contributed by atoms with Crippen LogP contribution in [0, 0.1) is 0 Å². The Kier molecular flexibility index (Phi) is 4.36. The molecule has 21 heavy (non-hydrogen) atoms. The minimum atomic E-state index is -1.09. The molecule has 7 heteroatoms. The van der Waals surface area contributed by atoms with Gasteiger partial charge in [0.25, 0.3) is 5.91 Å². The van der Waals surface area contributed by atoms with Gasteiger partial charge in [-0.05, 0) is 25.1 Å². The van der Waals surface area contributed by atoms with Gasteiger partial charge in [0.05, 0.1) is 31.5 Å². The number of nitrogens with two attached hydrogens (primary N) is 1. The summed E-state index contributed by atoms with van der Waals surface area (Å²) >= 11 is 1.24. The Labute approximate surface area is 126 Å². The molecule has 0 aliphatic rings. The van der Waals surface area contributed by atoms with Gasteiger partial charge in [0.1, 0.15) is 10.6 Å². The number of rotatable bonds is 5. The maximum Gasteiger partial charge on any atom is 0.264 e. The Hall–Kier alpha value is -1.83. The number of methoxy groups -OCH3 is 1.